The number of carbonyl (C=O) groups is 1. The molecule has 0 bridgehead atoms. The van der Waals surface area contributed by atoms with E-state index in [1.54, 1.807) is 18.3 Å². The molecule has 4 aromatic rings. The molecule has 0 aliphatic carbocycles. The average Bonchev–Trinajstić information content (AvgIpc) is 2.93. The second kappa shape index (κ2) is 10.6. The Bertz CT molecular complexity index is 1330. The van der Waals surface area contributed by atoms with Gasteiger partial charge in [0, 0.05) is 11.1 Å². The van der Waals surface area contributed by atoms with Crippen LogP contribution in [0.2, 0.25) is 0 Å². The van der Waals surface area contributed by atoms with E-state index in [2.05, 4.69) is 22.7 Å². The third-order valence-corrected chi connectivity index (χ3v) is 5.53. The van der Waals surface area contributed by atoms with E-state index in [4.69, 9.17) is 14.2 Å². The number of para-hydroxylation sites is 1. The molecular weight excluding hydrogens is 440 g/mol. The Labute approximate surface area is 203 Å². The lowest BCUT2D eigenvalue weighted by molar-refractivity contribution is 0.0955. The summed E-state index contributed by atoms with van der Waals surface area (Å²) in [6.07, 6.45) is 1.57. The molecule has 4 aromatic carbocycles. The van der Waals surface area contributed by atoms with Crippen LogP contribution in [0.15, 0.2) is 102 Å². The molecule has 35 heavy (non-hydrogen) atoms. The van der Waals surface area contributed by atoms with Gasteiger partial charge in [0.2, 0.25) is 0 Å². The number of rotatable bonds is 7. The molecule has 1 aliphatic heterocycles. The molecule has 1 N–H and O–H groups in total. The zero-order valence-electron chi connectivity index (χ0n) is 19.0. The molecule has 1 aliphatic rings. The Morgan fingerprint density at radius 2 is 1.60 bits per heavy atom. The number of carbonyl (C=O) groups excluding carboxylic acids is 1. The SMILES string of the molecule is O=C(NN=Cc1ccc2c(c1)OCCO2)c1ccc(COc2ccccc2-c2ccccc2)cc1. The third-order valence-electron chi connectivity index (χ3n) is 5.53. The maximum atomic E-state index is 12.5. The first kappa shape index (κ1) is 22.2. The van der Waals surface area contributed by atoms with Gasteiger partial charge in [-0.1, -0.05) is 60.7 Å². The van der Waals surface area contributed by atoms with Gasteiger partial charge in [-0.25, -0.2) is 5.43 Å². The summed E-state index contributed by atoms with van der Waals surface area (Å²) in [5.74, 6) is 1.91. The molecule has 0 spiro atoms. The standard InChI is InChI=1S/C29H24N2O4/c32-29(31-30-19-22-12-15-27-28(18-22)34-17-16-33-27)24-13-10-21(11-14-24)20-35-26-9-5-4-8-25(26)23-6-2-1-3-7-23/h1-15,18-19H,16-17,20H2,(H,31,32). The lowest BCUT2D eigenvalue weighted by atomic mass is 10.0. The van der Waals surface area contributed by atoms with Crippen LogP contribution in [-0.2, 0) is 6.61 Å². The van der Waals surface area contributed by atoms with Crippen molar-refractivity contribution in [3.05, 3.63) is 114 Å². The van der Waals surface area contributed by atoms with Gasteiger partial charge in [0.25, 0.3) is 5.91 Å². The van der Waals surface area contributed by atoms with Gasteiger partial charge in [0.15, 0.2) is 11.5 Å². The van der Waals surface area contributed by atoms with E-state index in [0.717, 1.165) is 28.0 Å². The van der Waals surface area contributed by atoms with Crippen molar-refractivity contribution in [2.24, 2.45) is 5.10 Å². The fraction of sp³-hybridized carbons (Fsp3) is 0.103. The Morgan fingerprint density at radius 1 is 0.857 bits per heavy atom. The molecule has 0 fully saturated rings. The van der Waals surface area contributed by atoms with Crippen molar-refractivity contribution in [2.75, 3.05) is 13.2 Å². The first-order valence-electron chi connectivity index (χ1n) is 11.4. The van der Waals surface area contributed by atoms with Gasteiger partial charge in [-0.15, -0.1) is 0 Å². The van der Waals surface area contributed by atoms with Crippen molar-refractivity contribution in [2.45, 2.75) is 6.61 Å². The van der Waals surface area contributed by atoms with Crippen LogP contribution in [0.4, 0.5) is 0 Å². The Kier molecular flexibility index (Phi) is 6.71. The summed E-state index contributed by atoms with van der Waals surface area (Å²) in [5, 5.41) is 4.06. The van der Waals surface area contributed by atoms with Crippen LogP contribution in [0, 0.1) is 0 Å². The highest BCUT2D eigenvalue weighted by atomic mass is 16.6. The highest BCUT2D eigenvalue weighted by molar-refractivity contribution is 5.95. The molecule has 0 atom stereocenters. The zero-order chi connectivity index (χ0) is 23.9. The largest absolute Gasteiger partial charge is 0.488 e. The minimum absolute atomic E-state index is 0.291. The predicted octanol–water partition coefficient (Wildman–Crippen LogP) is 5.47. The topological polar surface area (TPSA) is 69.2 Å². The van der Waals surface area contributed by atoms with E-state index < -0.39 is 0 Å². The Balaban J connectivity index is 1.17. The van der Waals surface area contributed by atoms with E-state index in [-0.39, 0.29) is 5.91 Å². The normalized spacial score (nSPS) is 12.3. The number of hydrazone groups is 1. The van der Waals surface area contributed by atoms with Gasteiger partial charge in [-0.3, -0.25) is 4.79 Å². The molecule has 5 rings (SSSR count). The summed E-state index contributed by atoms with van der Waals surface area (Å²) in [5.41, 5.74) is 6.98. The molecular formula is C29H24N2O4. The second-order valence-corrected chi connectivity index (χ2v) is 7.95. The Morgan fingerprint density at radius 3 is 2.43 bits per heavy atom. The summed E-state index contributed by atoms with van der Waals surface area (Å²) >= 11 is 0. The highest BCUT2D eigenvalue weighted by Gasteiger charge is 2.11. The molecule has 0 aromatic heterocycles. The van der Waals surface area contributed by atoms with Crippen LogP contribution >= 0.6 is 0 Å². The fourth-order valence-electron chi connectivity index (χ4n) is 3.73. The van der Waals surface area contributed by atoms with Crippen molar-refractivity contribution >= 4 is 12.1 Å². The lowest BCUT2D eigenvalue weighted by Crippen LogP contribution is -2.17. The number of amides is 1. The first-order chi connectivity index (χ1) is 17.3. The predicted molar refractivity (Wildman–Crippen MR) is 135 cm³/mol. The molecule has 0 unspecified atom stereocenters. The monoisotopic (exact) mass is 464 g/mol. The van der Waals surface area contributed by atoms with E-state index in [1.807, 2.05) is 72.8 Å². The van der Waals surface area contributed by atoms with Crippen LogP contribution in [0.5, 0.6) is 17.2 Å². The number of fused-ring (bicyclic) bond motifs is 1. The summed E-state index contributed by atoms with van der Waals surface area (Å²) < 4.78 is 17.2. The minimum atomic E-state index is -0.291. The van der Waals surface area contributed by atoms with Crippen molar-refractivity contribution in [1.82, 2.24) is 5.43 Å². The summed E-state index contributed by atoms with van der Waals surface area (Å²) in [6, 6.07) is 30.9. The van der Waals surface area contributed by atoms with Crippen LogP contribution in [-0.4, -0.2) is 25.3 Å². The maximum absolute atomic E-state index is 12.5. The van der Waals surface area contributed by atoms with Crippen LogP contribution < -0.4 is 19.6 Å². The molecule has 0 radical (unpaired) electrons. The zero-order valence-corrected chi connectivity index (χ0v) is 19.0. The van der Waals surface area contributed by atoms with Gasteiger partial charge in [-0.2, -0.15) is 5.10 Å². The van der Waals surface area contributed by atoms with E-state index in [1.165, 1.54) is 0 Å². The van der Waals surface area contributed by atoms with Crippen molar-refractivity contribution in [1.29, 1.82) is 0 Å². The van der Waals surface area contributed by atoms with Crippen LogP contribution in [0.3, 0.4) is 0 Å². The van der Waals surface area contributed by atoms with Crippen LogP contribution in [0.1, 0.15) is 21.5 Å². The fourth-order valence-corrected chi connectivity index (χ4v) is 3.73. The van der Waals surface area contributed by atoms with Gasteiger partial charge in [0.05, 0.1) is 6.21 Å². The molecule has 6 nitrogen and oxygen atoms in total. The highest BCUT2D eigenvalue weighted by Crippen LogP contribution is 2.31. The first-order valence-corrected chi connectivity index (χ1v) is 11.4. The molecule has 174 valence electrons. The minimum Gasteiger partial charge on any atom is -0.488 e. The smallest absolute Gasteiger partial charge is 0.271 e. The molecule has 1 amide bonds. The number of benzene rings is 4. The Hall–Kier alpha value is -4.58. The number of nitrogens with zero attached hydrogens (tertiary/aromatic N) is 1. The van der Waals surface area contributed by atoms with Gasteiger partial charge < -0.3 is 14.2 Å². The quantitative estimate of drug-likeness (QED) is 0.291. The second-order valence-electron chi connectivity index (χ2n) is 7.95. The summed E-state index contributed by atoms with van der Waals surface area (Å²) in [6.45, 7) is 1.46. The number of nitrogens with one attached hydrogen (secondary N) is 1. The van der Waals surface area contributed by atoms with Gasteiger partial charge in [0.1, 0.15) is 25.6 Å². The number of hydrogen-bond acceptors (Lipinski definition) is 5. The van der Waals surface area contributed by atoms with Crippen molar-refractivity contribution in [3.8, 4) is 28.4 Å². The summed E-state index contributed by atoms with van der Waals surface area (Å²) in [7, 11) is 0. The molecule has 1 heterocycles. The van der Waals surface area contributed by atoms with Crippen molar-refractivity contribution in [3.63, 3.8) is 0 Å². The van der Waals surface area contributed by atoms with E-state index >= 15 is 0 Å². The average molecular weight is 465 g/mol. The maximum Gasteiger partial charge on any atom is 0.271 e. The molecule has 6 heteroatoms. The van der Waals surface area contributed by atoms with Gasteiger partial charge in [-0.05, 0) is 53.1 Å². The molecule has 0 saturated carbocycles. The molecule has 0 saturated heterocycles. The number of ether oxygens (including phenoxy) is 3. The summed E-state index contributed by atoms with van der Waals surface area (Å²) in [4.78, 5) is 12.5. The van der Waals surface area contributed by atoms with Gasteiger partial charge >= 0.3 is 0 Å². The third kappa shape index (κ3) is 5.50. The van der Waals surface area contributed by atoms with E-state index in [9.17, 15) is 4.79 Å². The van der Waals surface area contributed by atoms with E-state index in [0.29, 0.717) is 36.9 Å². The number of hydrogen-bond donors (Lipinski definition) is 1. The van der Waals surface area contributed by atoms with Crippen LogP contribution in [0.25, 0.3) is 11.1 Å². The lowest BCUT2D eigenvalue weighted by Gasteiger charge is -2.18. The van der Waals surface area contributed by atoms with Crippen molar-refractivity contribution < 1.29 is 19.0 Å².